The first kappa shape index (κ1) is 12.6. The lowest BCUT2D eigenvalue weighted by Crippen LogP contribution is -2.17. The van der Waals surface area contributed by atoms with Gasteiger partial charge in [0.1, 0.15) is 6.26 Å². The number of nitriles is 1. The van der Waals surface area contributed by atoms with Crippen LogP contribution in [0.1, 0.15) is 21.6 Å². The fraction of sp³-hybridized carbons (Fsp3) is 0.154. The van der Waals surface area contributed by atoms with Crippen LogP contribution in [0.4, 0.5) is 6.01 Å². The van der Waals surface area contributed by atoms with E-state index in [1.807, 2.05) is 6.07 Å². The minimum absolute atomic E-state index is 0.132. The molecule has 2 rings (SSSR count). The van der Waals surface area contributed by atoms with E-state index < -0.39 is 5.97 Å². The van der Waals surface area contributed by atoms with Crippen LogP contribution in [0.5, 0.6) is 0 Å². The van der Waals surface area contributed by atoms with Crippen LogP contribution in [0.2, 0.25) is 0 Å². The van der Waals surface area contributed by atoms with E-state index in [-0.39, 0.29) is 11.7 Å². The highest BCUT2D eigenvalue weighted by Crippen LogP contribution is 2.15. The number of rotatable bonds is 4. The second kappa shape index (κ2) is 5.23. The molecule has 0 spiro atoms. The number of aromatic nitrogens is 1. The molecule has 0 aliphatic carbocycles. The van der Waals surface area contributed by atoms with Gasteiger partial charge in [0.15, 0.2) is 5.69 Å². The molecule has 0 saturated heterocycles. The third kappa shape index (κ3) is 2.90. The fourth-order valence-corrected chi connectivity index (χ4v) is 1.62. The zero-order chi connectivity index (χ0) is 13.8. The molecular formula is C13H11N3O3. The Morgan fingerprint density at radius 1 is 1.58 bits per heavy atom. The molecule has 19 heavy (non-hydrogen) atoms. The number of hydrogen-bond acceptors (Lipinski definition) is 5. The minimum Gasteiger partial charge on any atom is -0.476 e. The molecule has 0 amide bonds. The first-order chi connectivity index (χ1) is 9.10. The lowest BCUT2D eigenvalue weighted by molar-refractivity contribution is 0.0690. The van der Waals surface area contributed by atoms with E-state index in [0.717, 1.165) is 11.8 Å². The van der Waals surface area contributed by atoms with Gasteiger partial charge in [0.25, 0.3) is 6.01 Å². The zero-order valence-electron chi connectivity index (χ0n) is 10.2. The summed E-state index contributed by atoms with van der Waals surface area (Å²) in [5.41, 5.74) is 1.36. The van der Waals surface area contributed by atoms with Crippen molar-refractivity contribution in [1.82, 2.24) is 4.98 Å². The predicted molar refractivity (Wildman–Crippen MR) is 66.7 cm³/mol. The Morgan fingerprint density at radius 3 is 3.00 bits per heavy atom. The van der Waals surface area contributed by atoms with Gasteiger partial charge in [-0.3, -0.25) is 0 Å². The van der Waals surface area contributed by atoms with Crippen molar-refractivity contribution in [3.63, 3.8) is 0 Å². The van der Waals surface area contributed by atoms with Gasteiger partial charge in [0.05, 0.1) is 11.6 Å². The Morgan fingerprint density at radius 2 is 2.37 bits per heavy atom. The number of carboxylic acids is 1. The number of nitrogens with zero attached hydrogens (tertiary/aromatic N) is 3. The molecule has 1 aromatic carbocycles. The second-order valence-corrected chi connectivity index (χ2v) is 3.99. The summed E-state index contributed by atoms with van der Waals surface area (Å²) in [4.78, 5) is 16.2. The van der Waals surface area contributed by atoms with E-state index in [1.165, 1.54) is 0 Å². The molecule has 0 atom stereocenters. The lowest BCUT2D eigenvalue weighted by atomic mass is 10.1. The molecule has 0 saturated carbocycles. The van der Waals surface area contributed by atoms with Gasteiger partial charge in [-0.25, -0.2) is 4.79 Å². The van der Waals surface area contributed by atoms with E-state index >= 15 is 0 Å². The molecule has 0 aliphatic heterocycles. The van der Waals surface area contributed by atoms with Crippen LogP contribution in [0, 0.1) is 11.3 Å². The Hall–Kier alpha value is -2.81. The smallest absolute Gasteiger partial charge is 0.357 e. The van der Waals surface area contributed by atoms with Gasteiger partial charge in [0.2, 0.25) is 0 Å². The number of carbonyl (C=O) groups is 1. The fourth-order valence-electron chi connectivity index (χ4n) is 1.62. The molecule has 1 heterocycles. The number of benzene rings is 1. The van der Waals surface area contributed by atoms with E-state index in [0.29, 0.717) is 12.1 Å². The summed E-state index contributed by atoms with van der Waals surface area (Å²) in [6.07, 6.45) is 1.10. The summed E-state index contributed by atoms with van der Waals surface area (Å²) in [6.45, 7) is 0.467. The minimum atomic E-state index is -1.13. The van der Waals surface area contributed by atoms with Crippen molar-refractivity contribution < 1.29 is 14.3 Å². The van der Waals surface area contributed by atoms with Gasteiger partial charge in [-0.15, -0.1) is 0 Å². The predicted octanol–water partition coefficient (Wildman–Crippen LogP) is 1.88. The lowest BCUT2D eigenvalue weighted by Gasteiger charge is -2.14. The van der Waals surface area contributed by atoms with Gasteiger partial charge in [0, 0.05) is 13.6 Å². The Kier molecular flexibility index (Phi) is 3.48. The molecular weight excluding hydrogens is 246 g/mol. The topological polar surface area (TPSA) is 90.4 Å². The summed E-state index contributed by atoms with van der Waals surface area (Å²) in [7, 11) is 1.73. The van der Waals surface area contributed by atoms with Crippen LogP contribution >= 0.6 is 0 Å². The Balaban J connectivity index is 2.13. The molecule has 0 aliphatic rings. The first-order valence-corrected chi connectivity index (χ1v) is 5.49. The summed E-state index contributed by atoms with van der Waals surface area (Å²) < 4.78 is 5.09. The summed E-state index contributed by atoms with van der Waals surface area (Å²) in [5.74, 6) is -1.13. The average Bonchev–Trinajstić information content (AvgIpc) is 2.89. The number of anilines is 1. The van der Waals surface area contributed by atoms with E-state index in [9.17, 15) is 4.79 Å². The molecule has 0 fully saturated rings. The average molecular weight is 257 g/mol. The maximum Gasteiger partial charge on any atom is 0.357 e. The highest BCUT2D eigenvalue weighted by molar-refractivity contribution is 5.85. The van der Waals surface area contributed by atoms with Crippen LogP contribution in [-0.4, -0.2) is 23.1 Å². The summed E-state index contributed by atoms with van der Waals surface area (Å²) in [5, 5.41) is 17.6. The standard InChI is InChI=1S/C13H11N3O3/c1-16(13-15-11(8-19-13)12(17)18)7-10-4-2-3-9(5-10)6-14/h2-5,8H,7H2,1H3,(H,17,18). The van der Waals surface area contributed by atoms with Crippen molar-refractivity contribution in [3.05, 3.63) is 47.3 Å². The highest BCUT2D eigenvalue weighted by Gasteiger charge is 2.13. The van der Waals surface area contributed by atoms with Crippen LogP contribution in [0.15, 0.2) is 34.9 Å². The van der Waals surface area contributed by atoms with Crippen molar-refractivity contribution in [2.24, 2.45) is 0 Å². The SMILES string of the molecule is CN(Cc1cccc(C#N)c1)c1nc(C(=O)O)co1. The van der Waals surface area contributed by atoms with Gasteiger partial charge in [-0.05, 0) is 17.7 Å². The molecule has 6 nitrogen and oxygen atoms in total. The van der Waals surface area contributed by atoms with Crippen LogP contribution in [-0.2, 0) is 6.54 Å². The van der Waals surface area contributed by atoms with E-state index in [4.69, 9.17) is 14.8 Å². The van der Waals surface area contributed by atoms with Crippen LogP contribution in [0.3, 0.4) is 0 Å². The van der Waals surface area contributed by atoms with Crippen LogP contribution in [0.25, 0.3) is 0 Å². The van der Waals surface area contributed by atoms with Gasteiger partial charge < -0.3 is 14.4 Å². The number of oxazole rings is 1. The quantitative estimate of drug-likeness (QED) is 0.899. The molecule has 0 bridgehead atoms. The largest absolute Gasteiger partial charge is 0.476 e. The van der Waals surface area contributed by atoms with Crippen molar-refractivity contribution in [2.75, 3.05) is 11.9 Å². The van der Waals surface area contributed by atoms with Gasteiger partial charge in [-0.1, -0.05) is 12.1 Å². The van der Waals surface area contributed by atoms with Crippen LogP contribution < -0.4 is 4.90 Å². The normalized spacial score (nSPS) is 9.89. The Labute approximate surface area is 109 Å². The number of hydrogen-bond donors (Lipinski definition) is 1. The third-order valence-electron chi connectivity index (χ3n) is 2.51. The monoisotopic (exact) mass is 257 g/mol. The second-order valence-electron chi connectivity index (χ2n) is 3.99. The third-order valence-corrected chi connectivity index (χ3v) is 2.51. The molecule has 2 aromatic rings. The van der Waals surface area contributed by atoms with Crippen molar-refractivity contribution in [3.8, 4) is 6.07 Å². The zero-order valence-corrected chi connectivity index (χ0v) is 10.2. The molecule has 1 N–H and O–H groups in total. The molecule has 96 valence electrons. The number of aromatic carboxylic acids is 1. The van der Waals surface area contributed by atoms with Crippen molar-refractivity contribution in [2.45, 2.75) is 6.54 Å². The van der Waals surface area contributed by atoms with E-state index in [2.05, 4.69) is 11.1 Å². The number of carboxylic acid groups (broad SMARTS) is 1. The molecule has 0 unspecified atom stereocenters. The molecule has 1 aromatic heterocycles. The van der Waals surface area contributed by atoms with E-state index in [1.54, 1.807) is 30.1 Å². The molecule has 0 radical (unpaired) electrons. The van der Waals surface area contributed by atoms with Crippen molar-refractivity contribution >= 4 is 12.0 Å². The first-order valence-electron chi connectivity index (χ1n) is 5.49. The maximum absolute atomic E-state index is 10.7. The maximum atomic E-state index is 10.7. The highest BCUT2D eigenvalue weighted by atomic mass is 16.4. The summed E-state index contributed by atoms with van der Waals surface area (Å²) in [6, 6.07) is 9.43. The molecule has 6 heteroatoms. The Bertz CT molecular complexity index is 643. The summed E-state index contributed by atoms with van der Waals surface area (Å²) >= 11 is 0. The van der Waals surface area contributed by atoms with Crippen molar-refractivity contribution in [1.29, 1.82) is 5.26 Å². The van der Waals surface area contributed by atoms with Gasteiger partial charge in [-0.2, -0.15) is 10.2 Å². The van der Waals surface area contributed by atoms with Gasteiger partial charge >= 0.3 is 5.97 Å².